The topological polar surface area (TPSA) is 65.4 Å². The van der Waals surface area contributed by atoms with Crippen molar-refractivity contribution in [3.05, 3.63) is 42.1 Å². The first-order valence-electron chi connectivity index (χ1n) is 8.91. The van der Waals surface area contributed by atoms with E-state index < -0.39 is 24.0 Å². The summed E-state index contributed by atoms with van der Waals surface area (Å²) in [5.41, 5.74) is 2.03. The molecular formula is C21H25NO4. The lowest BCUT2D eigenvalue weighted by Crippen LogP contribution is -2.19. The number of fused-ring (bicyclic) bond motifs is 1. The highest BCUT2D eigenvalue weighted by Gasteiger charge is 2.17. The van der Waals surface area contributed by atoms with E-state index in [2.05, 4.69) is 29.2 Å². The van der Waals surface area contributed by atoms with Crippen molar-refractivity contribution < 1.29 is 19.1 Å². The fraction of sp³-hybridized carbons (Fsp3) is 0.381. The van der Waals surface area contributed by atoms with Crippen molar-refractivity contribution in [1.82, 2.24) is 4.57 Å². The smallest absolute Gasteiger partial charge is 0.375 e. The van der Waals surface area contributed by atoms with E-state index in [1.165, 1.54) is 6.08 Å². The number of hydrogen-bond donors (Lipinski definition) is 0. The lowest BCUT2D eigenvalue weighted by atomic mass is 10.1. The summed E-state index contributed by atoms with van der Waals surface area (Å²) in [6.45, 7) is 7.01. The minimum absolute atomic E-state index is 0.116. The maximum Gasteiger partial charge on any atom is 0.375 e. The molecule has 0 atom stereocenters. The number of ketones is 2. The van der Waals surface area contributed by atoms with E-state index in [1.54, 1.807) is 13.0 Å². The number of nitrogens with zero attached hydrogens (tertiary/aromatic N) is 1. The number of ether oxygens (including phenoxy) is 1. The second kappa shape index (κ2) is 9.13. The van der Waals surface area contributed by atoms with Crippen LogP contribution in [0.4, 0.5) is 0 Å². The molecule has 0 fully saturated rings. The van der Waals surface area contributed by atoms with E-state index in [1.807, 2.05) is 24.4 Å². The number of benzene rings is 1. The van der Waals surface area contributed by atoms with Gasteiger partial charge in [-0.15, -0.1) is 0 Å². The molecule has 2 aromatic rings. The zero-order chi connectivity index (χ0) is 19.1. The number of esters is 1. The number of para-hydroxylation sites is 1. The summed E-state index contributed by atoms with van der Waals surface area (Å²) >= 11 is 0. The SMILES string of the molecule is CCOC(=O)C(=O)CC(=O)/C=C/c1cn(CCC(C)C)c2ccccc12. The third kappa shape index (κ3) is 5.15. The Morgan fingerprint density at radius 3 is 2.62 bits per heavy atom. The molecule has 1 aromatic carbocycles. The van der Waals surface area contributed by atoms with E-state index in [0.717, 1.165) is 29.4 Å². The number of carbonyl (C=O) groups excluding carboxylic acids is 3. The first-order chi connectivity index (χ1) is 12.4. The molecule has 2 rings (SSSR count). The predicted octanol–water partition coefficient (Wildman–Crippen LogP) is 3.79. The molecule has 0 unspecified atom stereocenters. The van der Waals surface area contributed by atoms with Gasteiger partial charge in [-0.1, -0.05) is 32.0 Å². The first kappa shape index (κ1) is 19.6. The lowest BCUT2D eigenvalue weighted by Gasteiger charge is -2.07. The Hall–Kier alpha value is -2.69. The minimum Gasteiger partial charge on any atom is -0.460 e. The third-order valence-electron chi connectivity index (χ3n) is 4.05. The molecule has 138 valence electrons. The maximum atomic E-state index is 12.0. The Morgan fingerprint density at radius 2 is 1.92 bits per heavy atom. The van der Waals surface area contributed by atoms with Crippen molar-refractivity contribution in [2.75, 3.05) is 6.61 Å². The normalized spacial score (nSPS) is 11.4. The summed E-state index contributed by atoms with van der Waals surface area (Å²) in [6, 6.07) is 8.01. The van der Waals surface area contributed by atoms with Gasteiger partial charge < -0.3 is 9.30 Å². The molecule has 1 aromatic heterocycles. The molecule has 0 saturated carbocycles. The molecule has 26 heavy (non-hydrogen) atoms. The third-order valence-corrected chi connectivity index (χ3v) is 4.05. The number of Topliss-reactive ketones (excluding diaryl/α,β-unsaturated/α-hetero) is 1. The minimum atomic E-state index is -0.959. The van der Waals surface area contributed by atoms with Crippen molar-refractivity contribution in [1.29, 1.82) is 0 Å². The van der Waals surface area contributed by atoms with Crippen LogP contribution >= 0.6 is 0 Å². The van der Waals surface area contributed by atoms with Crippen LogP contribution < -0.4 is 0 Å². The predicted molar refractivity (Wildman–Crippen MR) is 102 cm³/mol. The van der Waals surface area contributed by atoms with E-state index in [0.29, 0.717) is 5.92 Å². The quantitative estimate of drug-likeness (QED) is 0.297. The van der Waals surface area contributed by atoms with Crippen LogP contribution in [0, 0.1) is 5.92 Å². The maximum absolute atomic E-state index is 12.0. The molecule has 0 bridgehead atoms. The Labute approximate surface area is 153 Å². The molecule has 0 radical (unpaired) electrons. The van der Waals surface area contributed by atoms with Gasteiger partial charge in [-0.05, 0) is 37.5 Å². The van der Waals surface area contributed by atoms with E-state index in [-0.39, 0.29) is 6.61 Å². The summed E-state index contributed by atoms with van der Waals surface area (Å²) in [6.07, 6.45) is 5.67. The van der Waals surface area contributed by atoms with Gasteiger partial charge in [-0.3, -0.25) is 9.59 Å². The van der Waals surface area contributed by atoms with E-state index in [9.17, 15) is 14.4 Å². The van der Waals surface area contributed by atoms with Crippen LogP contribution in [0.1, 0.15) is 39.2 Å². The van der Waals surface area contributed by atoms with Crippen molar-refractivity contribution in [3.63, 3.8) is 0 Å². The Balaban J connectivity index is 2.14. The molecule has 0 spiro atoms. The highest BCUT2D eigenvalue weighted by atomic mass is 16.5. The molecule has 0 saturated heterocycles. The van der Waals surface area contributed by atoms with Gasteiger partial charge in [0.2, 0.25) is 5.78 Å². The Kier molecular flexibility index (Phi) is 6.89. The molecule has 5 nitrogen and oxygen atoms in total. The standard InChI is InChI=1S/C21H25NO4/c1-4-26-21(25)20(24)13-17(23)10-9-16-14-22(12-11-15(2)3)19-8-6-5-7-18(16)19/h5-10,14-15H,4,11-13H2,1-3H3/b10-9+. The van der Waals surface area contributed by atoms with Gasteiger partial charge in [0.15, 0.2) is 5.78 Å². The van der Waals surface area contributed by atoms with Crippen LogP contribution in [0.3, 0.4) is 0 Å². The molecule has 1 heterocycles. The summed E-state index contributed by atoms with van der Waals surface area (Å²) in [7, 11) is 0. The van der Waals surface area contributed by atoms with Gasteiger partial charge in [0.05, 0.1) is 13.0 Å². The molecule has 0 aliphatic heterocycles. The van der Waals surface area contributed by atoms with Gasteiger partial charge in [-0.25, -0.2) is 4.79 Å². The molecule has 0 aliphatic rings. The number of aryl methyl sites for hydroxylation is 1. The largest absolute Gasteiger partial charge is 0.460 e. The highest BCUT2D eigenvalue weighted by molar-refractivity contribution is 6.37. The summed E-state index contributed by atoms with van der Waals surface area (Å²) in [5.74, 6) is -1.59. The fourth-order valence-electron chi connectivity index (χ4n) is 2.67. The van der Waals surface area contributed by atoms with Gasteiger partial charge in [0.25, 0.3) is 0 Å². The fourth-order valence-corrected chi connectivity index (χ4v) is 2.67. The molecule has 0 N–H and O–H groups in total. The number of allylic oxidation sites excluding steroid dienone is 1. The highest BCUT2D eigenvalue weighted by Crippen LogP contribution is 2.23. The van der Waals surface area contributed by atoms with Crippen molar-refractivity contribution in [2.24, 2.45) is 5.92 Å². The van der Waals surface area contributed by atoms with Crippen LogP contribution in [0.2, 0.25) is 0 Å². The first-order valence-corrected chi connectivity index (χ1v) is 8.91. The van der Waals surface area contributed by atoms with Crippen molar-refractivity contribution >= 4 is 34.5 Å². The number of hydrogen-bond acceptors (Lipinski definition) is 4. The van der Waals surface area contributed by atoms with Crippen LogP contribution in [0.15, 0.2) is 36.5 Å². The second-order valence-corrected chi connectivity index (χ2v) is 6.60. The average molecular weight is 355 g/mol. The van der Waals surface area contributed by atoms with Crippen LogP contribution in [0.25, 0.3) is 17.0 Å². The summed E-state index contributed by atoms with van der Waals surface area (Å²) in [5, 5.41) is 1.05. The molecular weight excluding hydrogens is 330 g/mol. The zero-order valence-electron chi connectivity index (χ0n) is 15.5. The average Bonchev–Trinajstić information content (AvgIpc) is 2.96. The summed E-state index contributed by atoms with van der Waals surface area (Å²) in [4.78, 5) is 34.9. The van der Waals surface area contributed by atoms with E-state index >= 15 is 0 Å². The molecule has 0 amide bonds. The van der Waals surface area contributed by atoms with Crippen LogP contribution in [-0.4, -0.2) is 28.7 Å². The Morgan fingerprint density at radius 1 is 1.19 bits per heavy atom. The molecule has 0 aliphatic carbocycles. The lowest BCUT2D eigenvalue weighted by molar-refractivity contribution is -0.154. The molecule has 5 heteroatoms. The summed E-state index contributed by atoms with van der Waals surface area (Å²) < 4.78 is 6.79. The van der Waals surface area contributed by atoms with Gasteiger partial charge >= 0.3 is 5.97 Å². The number of rotatable bonds is 9. The van der Waals surface area contributed by atoms with Crippen molar-refractivity contribution in [2.45, 2.75) is 40.2 Å². The van der Waals surface area contributed by atoms with E-state index in [4.69, 9.17) is 0 Å². The monoisotopic (exact) mass is 355 g/mol. The Bertz CT molecular complexity index is 830. The van der Waals surface area contributed by atoms with Crippen LogP contribution in [-0.2, 0) is 25.7 Å². The zero-order valence-corrected chi connectivity index (χ0v) is 15.5. The van der Waals surface area contributed by atoms with Crippen molar-refractivity contribution in [3.8, 4) is 0 Å². The van der Waals surface area contributed by atoms with Gasteiger partial charge in [0, 0.05) is 29.2 Å². The number of carbonyl (C=O) groups is 3. The second-order valence-electron chi connectivity index (χ2n) is 6.60. The van der Waals surface area contributed by atoms with Crippen LogP contribution in [0.5, 0.6) is 0 Å². The van der Waals surface area contributed by atoms with Gasteiger partial charge in [0.1, 0.15) is 0 Å². The van der Waals surface area contributed by atoms with Gasteiger partial charge in [-0.2, -0.15) is 0 Å². The number of aromatic nitrogens is 1.